The van der Waals surface area contributed by atoms with E-state index in [1.165, 1.54) is 4.88 Å². The van der Waals surface area contributed by atoms with E-state index in [1.807, 2.05) is 27.0 Å². The monoisotopic (exact) mass is 410 g/mol. The lowest BCUT2D eigenvalue weighted by Crippen LogP contribution is -2.50. The minimum absolute atomic E-state index is 0.209. The summed E-state index contributed by atoms with van der Waals surface area (Å²) in [5, 5.41) is 7.69. The van der Waals surface area contributed by atoms with Gasteiger partial charge in [0.15, 0.2) is 5.96 Å². The largest absolute Gasteiger partial charge is 0.444 e. The fourth-order valence-corrected chi connectivity index (χ4v) is 3.58. The molecule has 1 aromatic heterocycles. The summed E-state index contributed by atoms with van der Waals surface area (Å²) in [6.07, 6.45) is 2.70. The maximum atomic E-state index is 12.1. The second-order valence-electron chi connectivity index (χ2n) is 7.88. The summed E-state index contributed by atoms with van der Waals surface area (Å²) in [6, 6.07) is 0. The van der Waals surface area contributed by atoms with Crippen LogP contribution < -0.4 is 10.6 Å². The molecule has 1 aliphatic heterocycles. The lowest BCUT2D eigenvalue weighted by Gasteiger charge is -2.35. The van der Waals surface area contributed by atoms with Crippen molar-refractivity contribution in [2.75, 3.05) is 46.3 Å². The summed E-state index contributed by atoms with van der Waals surface area (Å²) in [4.78, 5) is 26.1. The number of hydrogen-bond acceptors (Lipinski definition) is 6. The number of aryl methyl sites for hydroxylation is 1. The first kappa shape index (κ1) is 22.4. The quantitative estimate of drug-likeness (QED) is 0.424. The van der Waals surface area contributed by atoms with Crippen LogP contribution in [0.25, 0.3) is 0 Å². The Morgan fingerprint density at radius 3 is 2.57 bits per heavy atom. The molecule has 8 nitrogen and oxygen atoms in total. The molecule has 1 aliphatic rings. The molecule has 0 radical (unpaired) electrons. The third-order valence-corrected chi connectivity index (χ3v) is 5.18. The number of carbonyl (C=O) groups excluding carboxylic acids is 1. The average molecular weight is 411 g/mol. The Hall–Kier alpha value is -1.87. The molecule has 2 heterocycles. The summed E-state index contributed by atoms with van der Waals surface area (Å²) in [5.41, 5.74) is -0.440. The maximum Gasteiger partial charge on any atom is 0.410 e. The van der Waals surface area contributed by atoms with E-state index < -0.39 is 5.60 Å². The Kier molecular flexibility index (Phi) is 8.50. The van der Waals surface area contributed by atoms with Crippen LogP contribution in [0.1, 0.15) is 37.1 Å². The molecule has 0 unspecified atom stereocenters. The van der Waals surface area contributed by atoms with E-state index in [4.69, 9.17) is 4.74 Å². The molecular formula is C19H34N6O2S. The van der Waals surface area contributed by atoms with Crippen LogP contribution >= 0.6 is 11.3 Å². The Bertz CT molecular complexity index is 647. The van der Waals surface area contributed by atoms with Crippen molar-refractivity contribution in [2.45, 2.75) is 46.3 Å². The molecule has 9 heteroatoms. The molecule has 1 saturated heterocycles. The highest BCUT2D eigenvalue weighted by molar-refractivity contribution is 7.11. The van der Waals surface area contributed by atoms with Crippen molar-refractivity contribution in [3.63, 3.8) is 0 Å². The maximum absolute atomic E-state index is 12.1. The molecule has 0 aromatic carbocycles. The van der Waals surface area contributed by atoms with Gasteiger partial charge in [0.25, 0.3) is 0 Å². The molecule has 1 amide bonds. The van der Waals surface area contributed by atoms with Gasteiger partial charge >= 0.3 is 6.09 Å². The van der Waals surface area contributed by atoms with Crippen molar-refractivity contribution in [1.29, 1.82) is 0 Å². The number of nitrogens with zero attached hydrogens (tertiary/aromatic N) is 4. The number of aromatic nitrogens is 1. The molecule has 0 aliphatic carbocycles. The van der Waals surface area contributed by atoms with Gasteiger partial charge in [-0.2, -0.15) is 0 Å². The Morgan fingerprint density at radius 1 is 1.29 bits per heavy atom. The first-order chi connectivity index (χ1) is 13.3. The van der Waals surface area contributed by atoms with E-state index in [0.29, 0.717) is 6.54 Å². The van der Waals surface area contributed by atoms with Gasteiger partial charge in [-0.25, -0.2) is 9.78 Å². The van der Waals surface area contributed by atoms with Crippen molar-refractivity contribution >= 4 is 23.4 Å². The third kappa shape index (κ3) is 8.02. The van der Waals surface area contributed by atoms with Crippen LogP contribution in [0.4, 0.5) is 4.79 Å². The highest BCUT2D eigenvalue weighted by Crippen LogP contribution is 2.12. The second kappa shape index (κ2) is 10.6. The molecule has 2 N–H and O–H groups in total. The van der Waals surface area contributed by atoms with Gasteiger partial charge in [0, 0.05) is 50.8 Å². The van der Waals surface area contributed by atoms with Crippen molar-refractivity contribution in [3.8, 4) is 0 Å². The molecule has 0 saturated carbocycles. The molecule has 2 rings (SSSR count). The van der Waals surface area contributed by atoms with E-state index in [0.717, 1.165) is 56.7 Å². The zero-order valence-corrected chi connectivity index (χ0v) is 18.6. The van der Waals surface area contributed by atoms with Crippen molar-refractivity contribution in [3.05, 3.63) is 16.1 Å². The SMILES string of the molecule is CN=C(NCCCN1CCN(C(=O)OC(C)(C)C)CC1)NCc1ncc(C)s1. The minimum Gasteiger partial charge on any atom is -0.444 e. The molecule has 1 fully saturated rings. The highest BCUT2D eigenvalue weighted by atomic mass is 32.1. The highest BCUT2D eigenvalue weighted by Gasteiger charge is 2.25. The van der Waals surface area contributed by atoms with Crippen LogP contribution in [0.2, 0.25) is 0 Å². The number of piperazine rings is 1. The van der Waals surface area contributed by atoms with Gasteiger partial charge in [-0.05, 0) is 40.7 Å². The standard InChI is InChI=1S/C19H34N6O2S/c1-15-13-22-16(28-15)14-23-17(20-5)21-7-6-8-24-9-11-25(12-10-24)18(26)27-19(2,3)4/h13H,6-12,14H2,1-5H3,(H2,20,21,23). The lowest BCUT2D eigenvalue weighted by molar-refractivity contribution is 0.0145. The topological polar surface area (TPSA) is 82.1 Å². The fraction of sp³-hybridized carbons (Fsp3) is 0.737. The van der Waals surface area contributed by atoms with Crippen LogP contribution in [0.3, 0.4) is 0 Å². The molecule has 1 aromatic rings. The number of ether oxygens (including phenoxy) is 1. The Balaban J connectivity index is 1.59. The van der Waals surface area contributed by atoms with Gasteiger partial charge in [-0.15, -0.1) is 11.3 Å². The Labute approximate surface area is 172 Å². The lowest BCUT2D eigenvalue weighted by atomic mass is 10.2. The van der Waals surface area contributed by atoms with E-state index in [9.17, 15) is 4.79 Å². The van der Waals surface area contributed by atoms with Gasteiger partial charge in [-0.1, -0.05) is 0 Å². The molecule has 28 heavy (non-hydrogen) atoms. The number of rotatable bonds is 6. The van der Waals surface area contributed by atoms with Gasteiger partial charge < -0.3 is 20.3 Å². The summed E-state index contributed by atoms with van der Waals surface area (Å²) >= 11 is 1.69. The van der Waals surface area contributed by atoms with E-state index in [1.54, 1.807) is 23.3 Å². The first-order valence-electron chi connectivity index (χ1n) is 9.83. The van der Waals surface area contributed by atoms with Gasteiger partial charge in [0.1, 0.15) is 10.6 Å². The normalized spacial score (nSPS) is 16.2. The Morgan fingerprint density at radius 2 is 2.00 bits per heavy atom. The van der Waals surface area contributed by atoms with Crippen LogP contribution in [0.15, 0.2) is 11.2 Å². The van der Waals surface area contributed by atoms with Gasteiger partial charge in [0.05, 0.1) is 6.54 Å². The second-order valence-corrected chi connectivity index (χ2v) is 9.20. The molecule has 0 bridgehead atoms. The van der Waals surface area contributed by atoms with Crippen LogP contribution in [0, 0.1) is 6.92 Å². The third-order valence-electron chi connectivity index (χ3n) is 4.27. The van der Waals surface area contributed by atoms with E-state index in [2.05, 4.69) is 32.4 Å². The summed E-state index contributed by atoms with van der Waals surface area (Å²) in [7, 11) is 1.78. The van der Waals surface area contributed by atoms with Gasteiger partial charge in [0.2, 0.25) is 0 Å². The summed E-state index contributed by atoms with van der Waals surface area (Å²) in [6.45, 7) is 13.5. The molecule has 0 spiro atoms. The smallest absolute Gasteiger partial charge is 0.410 e. The number of guanidine groups is 1. The predicted octanol–water partition coefficient (Wildman–Crippen LogP) is 2.06. The van der Waals surface area contributed by atoms with Crippen LogP contribution in [-0.2, 0) is 11.3 Å². The number of amides is 1. The number of nitrogens with one attached hydrogen (secondary N) is 2. The molecule has 158 valence electrons. The zero-order valence-electron chi connectivity index (χ0n) is 17.7. The number of thiazole rings is 1. The van der Waals surface area contributed by atoms with Crippen molar-refractivity contribution in [2.24, 2.45) is 4.99 Å². The van der Waals surface area contributed by atoms with E-state index in [-0.39, 0.29) is 6.09 Å². The van der Waals surface area contributed by atoms with Gasteiger partial charge in [-0.3, -0.25) is 9.89 Å². The van der Waals surface area contributed by atoms with E-state index >= 15 is 0 Å². The number of carbonyl (C=O) groups is 1. The van der Waals surface area contributed by atoms with Crippen molar-refractivity contribution in [1.82, 2.24) is 25.4 Å². The minimum atomic E-state index is -0.440. The summed E-state index contributed by atoms with van der Waals surface area (Å²) < 4.78 is 5.44. The molecule has 0 atom stereocenters. The number of aliphatic imine (C=N–C) groups is 1. The van der Waals surface area contributed by atoms with Crippen LogP contribution in [-0.4, -0.2) is 78.8 Å². The number of hydrogen-bond donors (Lipinski definition) is 2. The summed E-state index contributed by atoms with van der Waals surface area (Å²) in [5.74, 6) is 0.794. The average Bonchev–Trinajstić information content (AvgIpc) is 3.05. The van der Waals surface area contributed by atoms with Crippen LogP contribution in [0.5, 0.6) is 0 Å². The fourth-order valence-electron chi connectivity index (χ4n) is 2.85. The molecular weight excluding hydrogens is 376 g/mol. The zero-order chi connectivity index (χ0) is 20.6. The van der Waals surface area contributed by atoms with Crippen molar-refractivity contribution < 1.29 is 9.53 Å². The predicted molar refractivity (Wildman–Crippen MR) is 114 cm³/mol. The first-order valence-corrected chi connectivity index (χ1v) is 10.6.